The number of methoxy groups -OCH3 is 1. The van der Waals surface area contributed by atoms with Crippen molar-refractivity contribution in [2.45, 2.75) is 32.8 Å². The normalized spacial score (nSPS) is 14.4. The van der Waals surface area contributed by atoms with E-state index < -0.39 is 0 Å². The number of aryl methyl sites for hydroxylation is 1. The average Bonchev–Trinajstić information content (AvgIpc) is 2.81. The van der Waals surface area contributed by atoms with Gasteiger partial charge in [-0.1, -0.05) is 41.1 Å². The van der Waals surface area contributed by atoms with Crippen molar-refractivity contribution in [2.24, 2.45) is 0 Å². The summed E-state index contributed by atoms with van der Waals surface area (Å²) in [6, 6.07) is 8.19. The number of halogens is 1. The first-order valence-electron chi connectivity index (χ1n) is 6.29. The Balaban J connectivity index is 2.51. The molecule has 0 aliphatic rings. The lowest BCUT2D eigenvalue weighted by Crippen LogP contribution is -2.22. The van der Waals surface area contributed by atoms with Gasteiger partial charge in [0, 0.05) is 22.0 Å². The molecule has 2 aromatic rings. The number of thiazole rings is 1. The summed E-state index contributed by atoms with van der Waals surface area (Å²) < 4.78 is 6.72. The minimum absolute atomic E-state index is 0.297. The van der Waals surface area contributed by atoms with Gasteiger partial charge in [0.25, 0.3) is 0 Å². The van der Waals surface area contributed by atoms with Gasteiger partial charge in [-0.25, -0.2) is 4.98 Å². The first kappa shape index (κ1) is 14.7. The van der Waals surface area contributed by atoms with Crippen molar-refractivity contribution < 1.29 is 4.74 Å². The summed E-state index contributed by atoms with van der Waals surface area (Å²) in [5, 5.41) is 1.04. The van der Waals surface area contributed by atoms with E-state index >= 15 is 0 Å². The molecule has 1 aromatic carbocycles. The molecule has 0 radical (unpaired) electrons. The molecule has 0 spiro atoms. The van der Waals surface area contributed by atoms with Gasteiger partial charge in [-0.15, -0.1) is 11.3 Å². The van der Waals surface area contributed by atoms with Crippen molar-refractivity contribution in [1.82, 2.24) is 4.98 Å². The van der Waals surface area contributed by atoms with Crippen LogP contribution in [0.15, 0.2) is 28.7 Å². The van der Waals surface area contributed by atoms with Crippen LogP contribution < -0.4 is 0 Å². The first-order chi connectivity index (χ1) is 9.01. The molecule has 102 valence electrons. The minimum atomic E-state index is -0.297. The molecule has 0 saturated carbocycles. The highest BCUT2D eigenvalue weighted by Crippen LogP contribution is 2.38. The van der Waals surface area contributed by atoms with Gasteiger partial charge >= 0.3 is 0 Å². The summed E-state index contributed by atoms with van der Waals surface area (Å²) in [5.41, 5.74) is 1.89. The number of nitrogens with zero attached hydrogens (tertiary/aromatic N) is 1. The predicted molar refractivity (Wildman–Crippen MR) is 84.6 cm³/mol. The van der Waals surface area contributed by atoms with Gasteiger partial charge in [-0.3, -0.25) is 0 Å². The Morgan fingerprint density at radius 2 is 2.05 bits per heavy atom. The van der Waals surface area contributed by atoms with E-state index in [1.165, 1.54) is 4.88 Å². The lowest BCUT2D eigenvalue weighted by atomic mass is 10.0. The monoisotopic (exact) mass is 339 g/mol. The SMILES string of the molecule is CCC(C)(OC)c1nc(-c2ccccc2Br)c(C)s1. The van der Waals surface area contributed by atoms with Gasteiger partial charge in [-0.05, 0) is 26.3 Å². The third kappa shape index (κ3) is 2.76. The van der Waals surface area contributed by atoms with Gasteiger partial charge in [-0.2, -0.15) is 0 Å². The van der Waals surface area contributed by atoms with Crippen LogP contribution in [0.4, 0.5) is 0 Å². The zero-order valence-corrected chi connectivity index (χ0v) is 14.1. The van der Waals surface area contributed by atoms with Crippen molar-refractivity contribution in [2.75, 3.05) is 7.11 Å². The standard InChI is InChI=1S/C15H18BrNOS/c1-5-15(3,18-4)14-17-13(10(2)19-14)11-8-6-7-9-12(11)16/h6-9H,5H2,1-4H3. The summed E-state index contributed by atoms with van der Waals surface area (Å²) in [6.07, 6.45) is 0.909. The average molecular weight is 340 g/mol. The fraction of sp³-hybridized carbons (Fsp3) is 0.400. The Kier molecular flexibility index (Phi) is 4.43. The highest BCUT2D eigenvalue weighted by Gasteiger charge is 2.29. The van der Waals surface area contributed by atoms with E-state index in [-0.39, 0.29) is 5.60 Å². The van der Waals surface area contributed by atoms with E-state index in [0.29, 0.717) is 0 Å². The maximum absolute atomic E-state index is 5.64. The Hall–Kier alpha value is -0.710. The molecule has 0 N–H and O–H groups in total. The molecule has 2 rings (SSSR count). The smallest absolute Gasteiger partial charge is 0.125 e. The number of hydrogen-bond acceptors (Lipinski definition) is 3. The second-order valence-corrected chi connectivity index (χ2v) is 6.75. The van der Waals surface area contributed by atoms with E-state index in [1.54, 1.807) is 18.4 Å². The van der Waals surface area contributed by atoms with E-state index in [9.17, 15) is 0 Å². The Labute approximate surface area is 127 Å². The van der Waals surface area contributed by atoms with Crippen LogP contribution >= 0.6 is 27.3 Å². The fourth-order valence-corrected chi connectivity index (χ4v) is 3.50. The molecule has 1 unspecified atom stereocenters. The molecular formula is C15H18BrNOS. The van der Waals surface area contributed by atoms with E-state index in [0.717, 1.165) is 27.2 Å². The van der Waals surface area contributed by atoms with Crippen LogP contribution in [0, 0.1) is 6.92 Å². The summed E-state index contributed by atoms with van der Waals surface area (Å²) in [4.78, 5) is 6.04. The number of benzene rings is 1. The maximum Gasteiger partial charge on any atom is 0.125 e. The van der Waals surface area contributed by atoms with Crippen LogP contribution in [0.25, 0.3) is 11.3 Å². The number of aromatic nitrogens is 1. The number of ether oxygens (including phenoxy) is 1. The molecule has 0 bridgehead atoms. The van der Waals surface area contributed by atoms with Gasteiger partial charge in [0.15, 0.2) is 0 Å². The lowest BCUT2D eigenvalue weighted by Gasteiger charge is -2.23. The van der Waals surface area contributed by atoms with Gasteiger partial charge in [0.2, 0.25) is 0 Å². The number of rotatable bonds is 4. The lowest BCUT2D eigenvalue weighted by molar-refractivity contribution is -0.00149. The van der Waals surface area contributed by atoms with Gasteiger partial charge in [0.05, 0.1) is 5.69 Å². The molecule has 2 nitrogen and oxygen atoms in total. The van der Waals surface area contributed by atoms with Crippen molar-refractivity contribution in [1.29, 1.82) is 0 Å². The third-order valence-corrected chi connectivity index (χ3v) is 5.41. The maximum atomic E-state index is 5.64. The molecule has 0 aliphatic heterocycles. The van der Waals surface area contributed by atoms with Crippen LogP contribution in [-0.2, 0) is 10.3 Å². The molecule has 1 atom stereocenters. The van der Waals surface area contributed by atoms with Crippen molar-refractivity contribution in [3.05, 3.63) is 38.6 Å². The zero-order valence-electron chi connectivity index (χ0n) is 11.7. The second kappa shape index (κ2) is 5.73. The van der Waals surface area contributed by atoms with Crippen LogP contribution in [0.1, 0.15) is 30.2 Å². The van der Waals surface area contributed by atoms with E-state index in [2.05, 4.69) is 42.8 Å². The predicted octanol–water partition coefficient (Wildman–Crippen LogP) is 5.15. The van der Waals surface area contributed by atoms with Crippen molar-refractivity contribution in [3.63, 3.8) is 0 Å². The fourth-order valence-electron chi connectivity index (χ4n) is 1.91. The molecule has 0 amide bonds. The molecule has 0 saturated heterocycles. The molecule has 1 aromatic heterocycles. The van der Waals surface area contributed by atoms with E-state index in [1.807, 2.05) is 18.2 Å². The molecule has 1 heterocycles. The summed E-state index contributed by atoms with van der Waals surface area (Å²) in [6.45, 7) is 6.33. The van der Waals surface area contributed by atoms with Crippen LogP contribution in [0.5, 0.6) is 0 Å². The molecule has 19 heavy (non-hydrogen) atoms. The molecular weight excluding hydrogens is 322 g/mol. The zero-order chi connectivity index (χ0) is 14.0. The second-order valence-electron chi connectivity index (χ2n) is 4.69. The van der Waals surface area contributed by atoms with Crippen LogP contribution in [0.2, 0.25) is 0 Å². The van der Waals surface area contributed by atoms with Gasteiger partial charge < -0.3 is 4.74 Å². The minimum Gasteiger partial charge on any atom is -0.371 e. The first-order valence-corrected chi connectivity index (χ1v) is 7.90. The quantitative estimate of drug-likeness (QED) is 0.768. The largest absolute Gasteiger partial charge is 0.371 e. The Bertz CT molecular complexity index is 575. The number of hydrogen-bond donors (Lipinski definition) is 0. The highest BCUT2D eigenvalue weighted by atomic mass is 79.9. The molecule has 0 fully saturated rings. The Morgan fingerprint density at radius 1 is 1.37 bits per heavy atom. The molecule has 4 heteroatoms. The summed E-state index contributed by atoms with van der Waals surface area (Å²) in [7, 11) is 1.75. The Morgan fingerprint density at radius 3 is 2.63 bits per heavy atom. The third-order valence-electron chi connectivity index (χ3n) is 3.50. The molecule has 0 aliphatic carbocycles. The highest BCUT2D eigenvalue weighted by molar-refractivity contribution is 9.10. The van der Waals surface area contributed by atoms with E-state index in [4.69, 9.17) is 9.72 Å². The van der Waals surface area contributed by atoms with Crippen molar-refractivity contribution in [3.8, 4) is 11.3 Å². The van der Waals surface area contributed by atoms with Gasteiger partial charge in [0.1, 0.15) is 10.6 Å². The van der Waals surface area contributed by atoms with Crippen LogP contribution in [0.3, 0.4) is 0 Å². The summed E-state index contributed by atoms with van der Waals surface area (Å²) in [5.74, 6) is 0. The summed E-state index contributed by atoms with van der Waals surface area (Å²) >= 11 is 5.31. The van der Waals surface area contributed by atoms with Crippen LogP contribution in [-0.4, -0.2) is 12.1 Å². The topological polar surface area (TPSA) is 22.1 Å². The van der Waals surface area contributed by atoms with Crippen molar-refractivity contribution >= 4 is 27.3 Å².